The molecule has 1 rings (SSSR count). The van der Waals surface area contributed by atoms with Gasteiger partial charge in [0.1, 0.15) is 0 Å². The molecule has 0 N–H and O–H groups in total. The summed E-state index contributed by atoms with van der Waals surface area (Å²) in [6.07, 6.45) is 7.69. The average Bonchev–Trinajstić information content (AvgIpc) is 2.78. The Balaban J connectivity index is 2.28. The van der Waals surface area contributed by atoms with Gasteiger partial charge in [0.15, 0.2) is 5.78 Å². The van der Waals surface area contributed by atoms with Crippen molar-refractivity contribution in [2.75, 3.05) is 13.2 Å². The Bertz CT molecular complexity index is 331. The summed E-state index contributed by atoms with van der Waals surface area (Å²) in [6.45, 7) is 6.55. The molecule has 0 aliphatic carbocycles. The highest BCUT2D eigenvalue weighted by Crippen LogP contribution is 2.06. The number of nitrogens with zero attached hydrogens (tertiary/aromatic N) is 1. The lowest BCUT2D eigenvalue weighted by atomic mass is 10.1. The molecule has 0 saturated heterocycles. The molecule has 1 heterocycles. The van der Waals surface area contributed by atoms with E-state index in [1.807, 2.05) is 30.0 Å². The maximum atomic E-state index is 11.6. The van der Waals surface area contributed by atoms with E-state index in [1.54, 1.807) is 0 Å². The topological polar surface area (TPSA) is 31.2 Å². The number of rotatable bonds is 9. The Morgan fingerprint density at radius 2 is 2.12 bits per heavy atom. The standard InChI is InChI=1S/C14H23NO2/c1-3-5-10-17-11-9-15-8-7-13(12-15)14(16)6-4-2/h7-8,12H,3-6,9-11H2,1-2H3. The SMILES string of the molecule is CCCCOCCn1ccc(C(=O)CCC)c1. The number of Topliss-reactive ketones (excluding diaryl/α,β-unsaturated/α-hetero) is 1. The molecule has 3 nitrogen and oxygen atoms in total. The third-order valence-corrected chi connectivity index (χ3v) is 2.69. The summed E-state index contributed by atoms with van der Waals surface area (Å²) in [6, 6.07) is 1.89. The zero-order chi connectivity index (χ0) is 12.5. The normalized spacial score (nSPS) is 10.7. The first-order valence-electron chi connectivity index (χ1n) is 6.54. The van der Waals surface area contributed by atoms with E-state index < -0.39 is 0 Å². The van der Waals surface area contributed by atoms with Crippen LogP contribution < -0.4 is 0 Å². The second-order valence-electron chi connectivity index (χ2n) is 4.28. The van der Waals surface area contributed by atoms with E-state index in [1.165, 1.54) is 6.42 Å². The van der Waals surface area contributed by atoms with Crippen LogP contribution in [-0.2, 0) is 11.3 Å². The molecule has 17 heavy (non-hydrogen) atoms. The fourth-order valence-corrected chi connectivity index (χ4v) is 1.63. The van der Waals surface area contributed by atoms with Crippen molar-refractivity contribution in [3.05, 3.63) is 24.0 Å². The maximum absolute atomic E-state index is 11.6. The van der Waals surface area contributed by atoms with E-state index >= 15 is 0 Å². The van der Waals surface area contributed by atoms with E-state index in [2.05, 4.69) is 6.92 Å². The molecular formula is C14H23NO2. The van der Waals surface area contributed by atoms with E-state index in [4.69, 9.17) is 4.74 Å². The van der Waals surface area contributed by atoms with Crippen molar-refractivity contribution in [2.45, 2.75) is 46.1 Å². The number of unbranched alkanes of at least 4 members (excludes halogenated alkanes) is 1. The van der Waals surface area contributed by atoms with Gasteiger partial charge in [-0.25, -0.2) is 0 Å². The van der Waals surface area contributed by atoms with E-state index in [-0.39, 0.29) is 5.78 Å². The predicted molar refractivity (Wildman–Crippen MR) is 69.4 cm³/mol. The van der Waals surface area contributed by atoms with Crippen molar-refractivity contribution >= 4 is 5.78 Å². The number of hydrogen-bond acceptors (Lipinski definition) is 2. The molecule has 0 atom stereocenters. The molecule has 0 aromatic carbocycles. The molecule has 3 heteroatoms. The maximum Gasteiger partial charge on any atom is 0.164 e. The lowest BCUT2D eigenvalue weighted by Crippen LogP contribution is -2.05. The Kier molecular flexibility index (Phi) is 6.63. The third-order valence-electron chi connectivity index (χ3n) is 2.69. The van der Waals surface area contributed by atoms with E-state index in [9.17, 15) is 4.79 Å². The zero-order valence-electron chi connectivity index (χ0n) is 10.9. The fourth-order valence-electron chi connectivity index (χ4n) is 1.63. The summed E-state index contributed by atoms with van der Waals surface area (Å²) in [5.74, 6) is 0.234. The van der Waals surface area contributed by atoms with Crippen LogP contribution in [0.4, 0.5) is 0 Å². The van der Waals surface area contributed by atoms with Gasteiger partial charge in [0.25, 0.3) is 0 Å². The summed E-state index contributed by atoms with van der Waals surface area (Å²) in [5, 5.41) is 0. The van der Waals surface area contributed by atoms with Crippen LogP contribution in [0.5, 0.6) is 0 Å². The lowest BCUT2D eigenvalue weighted by molar-refractivity contribution is 0.0981. The first kappa shape index (κ1) is 14.0. The largest absolute Gasteiger partial charge is 0.380 e. The van der Waals surface area contributed by atoms with Gasteiger partial charge in [-0.05, 0) is 18.9 Å². The Hall–Kier alpha value is -1.09. The molecule has 0 unspecified atom stereocenters. The minimum atomic E-state index is 0.234. The van der Waals surface area contributed by atoms with Gasteiger partial charge in [-0.15, -0.1) is 0 Å². The molecule has 0 bridgehead atoms. The average molecular weight is 237 g/mol. The van der Waals surface area contributed by atoms with Crippen LogP contribution >= 0.6 is 0 Å². The minimum absolute atomic E-state index is 0.234. The first-order chi connectivity index (χ1) is 8.27. The molecule has 0 saturated carbocycles. The zero-order valence-corrected chi connectivity index (χ0v) is 10.9. The Morgan fingerprint density at radius 3 is 2.82 bits per heavy atom. The molecule has 1 aromatic rings. The lowest BCUT2D eigenvalue weighted by Gasteiger charge is -2.04. The highest BCUT2D eigenvalue weighted by atomic mass is 16.5. The number of aromatic nitrogens is 1. The van der Waals surface area contributed by atoms with Gasteiger partial charge in [-0.3, -0.25) is 4.79 Å². The van der Waals surface area contributed by atoms with Crippen LogP contribution in [0.2, 0.25) is 0 Å². The van der Waals surface area contributed by atoms with Crippen molar-refractivity contribution in [1.82, 2.24) is 4.57 Å². The molecule has 0 aliphatic rings. The number of hydrogen-bond donors (Lipinski definition) is 0. The van der Waals surface area contributed by atoms with Crippen LogP contribution in [0.15, 0.2) is 18.5 Å². The smallest absolute Gasteiger partial charge is 0.164 e. The first-order valence-corrected chi connectivity index (χ1v) is 6.54. The van der Waals surface area contributed by atoms with Crippen LogP contribution in [0.25, 0.3) is 0 Å². The van der Waals surface area contributed by atoms with Crippen LogP contribution in [0.1, 0.15) is 49.9 Å². The molecule has 0 aliphatic heterocycles. The quantitative estimate of drug-likeness (QED) is 0.487. The van der Waals surface area contributed by atoms with Crippen LogP contribution in [-0.4, -0.2) is 23.6 Å². The van der Waals surface area contributed by atoms with Gasteiger partial charge in [0.05, 0.1) is 6.61 Å². The fraction of sp³-hybridized carbons (Fsp3) is 0.643. The number of ether oxygens (including phenoxy) is 1. The van der Waals surface area contributed by atoms with Crippen LogP contribution in [0.3, 0.4) is 0 Å². The second-order valence-corrected chi connectivity index (χ2v) is 4.28. The molecule has 0 fully saturated rings. The summed E-state index contributed by atoms with van der Waals surface area (Å²) < 4.78 is 7.51. The molecule has 0 amide bonds. The van der Waals surface area contributed by atoms with Gasteiger partial charge in [0.2, 0.25) is 0 Å². The van der Waals surface area contributed by atoms with Crippen molar-refractivity contribution in [3.8, 4) is 0 Å². The van der Waals surface area contributed by atoms with Crippen molar-refractivity contribution in [3.63, 3.8) is 0 Å². The van der Waals surface area contributed by atoms with Gasteiger partial charge in [-0.2, -0.15) is 0 Å². The third kappa shape index (κ3) is 5.18. The monoisotopic (exact) mass is 237 g/mol. The number of ketones is 1. The summed E-state index contributed by atoms with van der Waals surface area (Å²) >= 11 is 0. The highest BCUT2D eigenvalue weighted by Gasteiger charge is 2.05. The molecule has 0 radical (unpaired) electrons. The summed E-state index contributed by atoms with van der Waals surface area (Å²) in [5.41, 5.74) is 0.820. The van der Waals surface area contributed by atoms with Crippen molar-refractivity contribution < 1.29 is 9.53 Å². The predicted octanol–water partition coefficient (Wildman–Crippen LogP) is 3.29. The summed E-state index contributed by atoms with van der Waals surface area (Å²) in [4.78, 5) is 11.6. The van der Waals surface area contributed by atoms with Gasteiger partial charge in [-0.1, -0.05) is 20.3 Å². The van der Waals surface area contributed by atoms with Gasteiger partial charge in [0, 0.05) is 37.5 Å². The number of carbonyl (C=O) groups excluding carboxylic acids is 1. The minimum Gasteiger partial charge on any atom is -0.380 e. The van der Waals surface area contributed by atoms with Crippen molar-refractivity contribution in [2.24, 2.45) is 0 Å². The second kappa shape index (κ2) is 8.07. The molecule has 96 valence electrons. The highest BCUT2D eigenvalue weighted by molar-refractivity contribution is 5.95. The summed E-state index contributed by atoms with van der Waals surface area (Å²) in [7, 11) is 0. The van der Waals surface area contributed by atoms with E-state index in [0.717, 1.165) is 38.2 Å². The van der Waals surface area contributed by atoms with Crippen molar-refractivity contribution in [1.29, 1.82) is 0 Å². The number of carbonyl (C=O) groups is 1. The van der Waals surface area contributed by atoms with Gasteiger partial charge < -0.3 is 9.30 Å². The van der Waals surface area contributed by atoms with E-state index in [0.29, 0.717) is 6.42 Å². The molecule has 0 spiro atoms. The Morgan fingerprint density at radius 1 is 1.29 bits per heavy atom. The molecule has 1 aromatic heterocycles. The van der Waals surface area contributed by atoms with Gasteiger partial charge >= 0.3 is 0 Å². The Labute approximate surface area is 104 Å². The van der Waals surface area contributed by atoms with Crippen LogP contribution in [0, 0.1) is 0 Å². The molecular weight excluding hydrogens is 214 g/mol.